The topological polar surface area (TPSA) is 3.88 Å². The number of aryl methyl sites for hydroxylation is 1. The molecule has 0 aliphatic carbocycles. The molecule has 0 aliphatic rings. The van der Waals surface area contributed by atoms with Crippen LogP contribution in [0, 0.1) is 3.57 Å². The molecule has 0 atom stereocenters. The van der Waals surface area contributed by atoms with Gasteiger partial charge in [-0.2, -0.15) is 0 Å². The summed E-state index contributed by atoms with van der Waals surface area (Å²) in [5, 5.41) is 1.32. The number of aromatic nitrogens is 1. The Labute approximate surface area is 108 Å². The van der Waals surface area contributed by atoms with Gasteiger partial charge in [0.2, 0.25) is 5.52 Å². The van der Waals surface area contributed by atoms with Crippen molar-refractivity contribution in [1.29, 1.82) is 0 Å². The number of rotatable bonds is 0. The summed E-state index contributed by atoms with van der Waals surface area (Å²) in [7, 11) is 2.07. The fourth-order valence-electron chi connectivity index (χ4n) is 1.33. The lowest BCUT2D eigenvalue weighted by atomic mass is 10.2. The molecule has 3 heteroatoms. The number of nitrogens with zero attached hydrogens (tertiary/aromatic N) is 1. The molecule has 0 saturated carbocycles. The van der Waals surface area contributed by atoms with Crippen LogP contribution in [0.2, 0.25) is 0 Å². The summed E-state index contributed by atoms with van der Waals surface area (Å²) < 4.78 is 3.44. The molecule has 0 bridgehead atoms. The van der Waals surface area contributed by atoms with Crippen molar-refractivity contribution in [3.05, 3.63) is 40.1 Å². The Hall–Kier alpha value is 0.0900. The second kappa shape index (κ2) is 4.54. The molecule has 0 spiro atoms. The lowest BCUT2D eigenvalue weighted by Crippen LogP contribution is -3.00. The molecule has 2 aromatic rings. The van der Waals surface area contributed by atoms with Gasteiger partial charge in [-0.15, -0.1) is 0 Å². The second-order valence-electron chi connectivity index (χ2n) is 2.79. The molecule has 1 heterocycles. The van der Waals surface area contributed by atoms with Gasteiger partial charge in [-0.1, -0.05) is 12.1 Å². The average Bonchev–Trinajstić information content (AvgIpc) is 2.12. The fourth-order valence-corrected chi connectivity index (χ4v) is 1.95. The van der Waals surface area contributed by atoms with E-state index in [1.54, 1.807) is 0 Å². The van der Waals surface area contributed by atoms with Crippen LogP contribution < -0.4 is 28.5 Å². The van der Waals surface area contributed by atoms with Gasteiger partial charge in [-0.3, -0.25) is 0 Å². The van der Waals surface area contributed by atoms with Crippen molar-refractivity contribution in [2.75, 3.05) is 0 Å². The Bertz CT molecular complexity index is 386. The van der Waals surface area contributed by atoms with Crippen molar-refractivity contribution in [3.63, 3.8) is 0 Å². The maximum absolute atomic E-state index is 2.36. The number of pyridine rings is 1. The van der Waals surface area contributed by atoms with Crippen LogP contribution in [0.15, 0.2) is 36.5 Å². The van der Waals surface area contributed by atoms with E-state index in [1.165, 1.54) is 14.5 Å². The molecule has 0 saturated heterocycles. The van der Waals surface area contributed by atoms with Crippen LogP contribution in [-0.4, -0.2) is 0 Å². The molecule has 0 amide bonds. The first-order valence-corrected chi connectivity index (χ1v) is 4.90. The van der Waals surface area contributed by atoms with Crippen molar-refractivity contribution >= 4 is 33.5 Å². The number of hydrogen-bond donors (Lipinski definition) is 0. The summed E-state index contributed by atoms with van der Waals surface area (Å²) in [6, 6.07) is 10.6. The molecule has 1 aromatic carbocycles. The Kier molecular flexibility index (Phi) is 3.90. The molecule has 0 N–H and O–H groups in total. The smallest absolute Gasteiger partial charge is 0.213 e. The number of hydrogen-bond acceptors (Lipinski definition) is 0. The minimum atomic E-state index is 0. The van der Waals surface area contributed by atoms with Crippen LogP contribution in [0.3, 0.4) is 0 Å². The highest BCUT2D eigenvalue weighted by Gasteiger charge is 2.05. The summed E-state index contributed by atoms with van der Waals surface area (Å²) in [6.07, 6.45) is 2.09. The zero-order chi connectivity index (χ0) is 8.55. The number of fused-ring (bicyclic) bond motifs is 1. The van der Waals surface area contributed by atoms with E-state index in [-0.39, 0.29) is 24.0 Å². The summed E-state index contributed by atoms with van der Waals surface area (Å²) in [4.78, 5) is 0. The fraction of sp³-hybridized carbons (Fsp3) is 0.100. The summed E-state index contributed by atoms with van der Waals surface area (Å²) >= 11 is 2.36. The summed E-state index contributed by atoms with van der Waals surface area (Å²) in [5.41, 5.74) is 1.28. The number of benzene rings is 1. The van der Waals surface area contributed by atoms with Gasteiger partial charge in [0.05, 0.1) is 5.39 Å². The molecule has 0 radical (unpaired) electrons. The molecular formula is C10H9I2N. The average molecular weight is 397 g/mol. The minimum absolute atomic E-state index is 0. The number of halogens is 2. The van der Waals surface area contributed by atoms with Gasteiger partial charge in [0, 0.05) is 15.7 Å². The zero-order valence-electron chi connectivity index (χ0n) is 7.17. The van der Waals surface area contributed by atoms with Crippen LogP contribution in [0.5, 0.6) is 0 Å². The predicted molar refractivity (Wildman–Crippen MR) is 57.8 cm³/mol. The highest BCUT2D eigenvalue weighted by atomic mass is 127. The van der Waals surface area contributed by atoms with E-state index in [4.69, 9.17) is 0 Å². The van der Waals surface area contributed by atoms with Gasteiger partial charge >= 0.3 is 0 Å². The first-order valence-electron chi connectivity index (χ1n) is 3.82. The third kappa shape index (κ3) is 2.12. The van der Waals surface area contributed by atoms with Crippen molar-refractivity contribution < 1.29 is 28.5 Å². The van der Waals surface area contributed by atoms with Crippen molar-refractivity contribution in [1.82, 2.24) is 0 Å². The molecular weight excluding hydrogens is 388 g/mol. The van der Waals surface area contributed by atoms with Gasteiger partial charge < -0.3 is 24.0 Å². The first kappa shape index (κ1) is 11.2. The molecule has 13 heavy (non-hydrogen) atoms. The highest BCUT2D eigenvalue weighted by Crippen LogP contribution is 2.15. The molecule has 1 aromatic heterocycles. The second-order valence-corrected chi connectivity index (χ2v) is 3.95. The van der Waals surface area contributed by atoms with Crippen LogP contribution in [0.4, 0.5) is 0 Å². The van der Waals surface area contributed by atoms with E-state index >= 15 is 0 Å². The molecule has 0 aliphatic heterocycles. The molecule has 68 valence electrons. The van der Waals surface area contributed by atoms with Crippen molar-refractivity contribution in [2.24, 2.45) is 7.05 Å². The van der Waals surface area contributed by atoms with Crippen LogP contribution in [-0.2, 0) is 7.05 Å². The first-order chi connectivity index (χ1) is 5.79. The van der Waals surface area contributed by atoms with E-state index < -0.39 is 0 Å². The Balaban J connectivity index is 0.000000845. The molecule has 2 rings (SSSR count). The van der Waals surface area contributed by atoms with Crippen molar-refractivity contribution in [3.8, 4) is 0 Å². The Morgan fingerprint density at radius 3 is 2.54 bits per heavy atom. The third-order valence-electron chi connectivity index (χ3n) is 1.99. The van der Waals surface area contributed by atoms with E-state index in [2.05, 4.69) is 70.7 Å². The van der Waals surface area contributed by atoms with Gasteiger partial charge in [0.1, 0.15) is 7.05 Å². The number of para-hydroxylation sites is 1. The monoisotopic (exact) mass is 397 g/mol. The van der Waals surface area contributed by atoms with Crippen LogP contribution in [0.25, 0.3) is 10.9 Å². The quantitative estimate of drug-likeness (QED) is 0.408. The Morgan fingerprint density at radius 1 is 1.15 bits per heavy atom. The van der Waals surface area contributed by atoms with Crippen LogP contribution >= 0.6 is 22.6 Å². The van der Waals surface area contributed by atoms with Gasteiger partial charge in [0.15, 0.2) is 6.20 Å². The van der Waals surface area contributed by atoms with E-state index in [9.17, 15) is 0 Å². The van der Waals surface area contributed by atoms with Crippen molar-refractivity contribution in [2.45, 2.75) is 0 Å². The predicted octanol–water partition coefficient (Wildman–Crippen LogP) is -0.727. The SMILES string of the molecule is C[n+]1ccc(I)c2ccccc21.[I-]. The third-order valence-corrected chi connectivity index (χ3v) is 2.93. The lowest BCUT2D eigenvalue weighted by molar-refractivity contribution is -0.645. The largest absolute Gasteiger partial charge is 1.00 e. The van der Waals surface area contributed by atoms with E-state index in [0.29, 0.717) is 0 Å². The maximum Gasteiger partial charge on any atom is 0.213 e. The van der Waals surface area contributed by atoms with Crippen LogP contribution in [0.1, 0.15) is 0 Å². The molecule has 0 fully saturated rings. The maximum atomic E-state index is 2.36. The van der Waals surface area contributed by atoms with E-state index in [1.807, 2.05) is 0 Å². The summed E-state index contributed by atoms with van der Waals surface area (Å²) in [5.74, 6) is 0. The molecule has 1 nitrogen and oxygen atoms in total. The molecule has 0 unspecified atom stereocenters. The van der Waals surface area contributed by atoms with Gasteiger partial charge in [-0.05, 0) is 28.7 Å². The summed E-state index contributed by atoms with van der Waals surface area (Å²) in [6.45, 7) is 0. The lowest BCUT2D eigenvalue weighted by Gasteiger charge is -1.97. The van der Waals surface area contributed by atoms with Gasteiger partial charge in [-0.25, -0.2) is 4.57 Å². The minimum Gasteiger partial charge on any atom is -1.00 e. The highest BCUT2D eigenvalue weighted by molar-refractivity contribution is 14.1. The Morgan fingerprint density at radius 2 is 1.85 bits per heavy atom. The zero-order valence-corrected chi connectivity index (χ0v) is 11.5. The standard InChI is InChI=1S/C10H9IN.HI/c1-12-7-6-9(11)8-4-2-3-5-10(8)12;/h2-7H,1H3;1H/q+1;/p-1. The normalized spacial score (nSPS) is 9.69. The van der Waals surface area contributed by atoms with E-state index in [0.717, 1.165) is 0 Å². The van der Waals surface area contributed by atoms with Gasteiger partial charge in [0.25, 0.3) is 0 Å².